The van der Waals surface area contributed by atoms with Crippen LogP contribution in [0.25, 0.3) is 15.8 Å². The summed E-state index contributed by atoms with van der Waals surface area (Å²) in [6.07, 6.45) is 5.52. The average molecular weight is 460 g/mol. The molecule has 3 N–H and O–H groups in total. The van der Waals surface area contributed by atoms with Crippen LogP contribution >= 0.6 is 11.3 Å². The zero-order valence-electron chi connectivity index (χ0n) is 18.5. The van der Waals surface area contributed by atoms with Gasteiger partial charge in [0.1, 0.15) is 11.0 Å². The van der Waals surface area contributed by atoms with Gasteiger partial charge in [-0.2, -0.15) is 0 Å². The van der Waals surface area contributed by atoms with Gasteiger partial charge in [0.25, 0.3) is 5.91 Å². The third-order valence-electron chi connectivity index (χ3n) is 5.73. The lowest BCUT2D eigenvalue weighted by Crippen LogP contribution is -2.41. The number of hydrogen-bond acceptors (Lipinski definition) is 7. The minimum Gasteiger partial charge on any atom is -0.404 e. The smallest absolute Gasteiger partial charge is 0.258 e. The van der Waals surface area contributed by atoms with Gasteiger partial charge in [0, 0.05) is 37.6 Å². The molecule has 1 aliphatic rings. The highest BCUT2D eigenvalue weighted by Crippen LogP contribution is 2.38. The van der Waals surface area contributed by atoms with E-state index in [1.807, 2.05) is 55.4 Å². The van der Waals surface area contributed by atoms with Crippen LogP contribution in [0.5, 0.6) is 0 Å². The molecule has 0 saturated heterocycles. The number of nitrogens with one attached hydrogen (secondary N) is 1. The minimum absolute atomic E-state index is 0.178. The molecule has 1 aromatic carbocycles. The quantitative estimate of drug-likeness (QED) is 0.445. The van der Waals surface area contributed by atoms with Gasteiger partial charge in [0.2, 0.25) is 0 Å². The first kappa shape index (κ1) is 21.3. The van der Waals surface area contributed by atoms with Crippen molar-refractivity contribution in [1.29, 1.82) is 0 Å². The number of nitrogens with zero attached hydrogens (tertiary/aromatic N) is 5. The lowest BCUT2D eigenvalue weighted by molar-refractivity contribution is -0.127. The number of fused-ring (bicyclic) bond motifs is 2. The van der Waals surface area contributed by atoms with E-state index < -0.39 is 0 Å². The largest absolute Gasteiger partial charge is 0.404 e. The number of pyridine rings is 1. The summed E-state index contributed by atoms with van der Waals surface area (Å²) in [4.78, 5) is 34.8. The molecule has 0 spiro atoms. The van der Waals surface area contributed by atoms with Crippen molar-refractivity contribution in [2.45, 2.75) is 19.0 Å². The van der Waals surface area contributed by atoms with E-state index in [0.717, 1.165) is 38.7 Å². The predicted octanol–water partition coefficient (Wildman–Crippen LogP) is 2.95. The number of hydrogen-bond donors (Lipinski definition) is 2. The molecule has 9 heteroatoms. The number of amides is 1. The molecule has 0 fully saturated rings. The maximum absolute atomic E-state index is 13.8. The number of carbonyl (C=O) groups is 1. The highest BCUT2D eigenvalue weighted by Gasteiger charge is 2.37. The molecule has 3 aromatic heterocycles. The van der Waals surface area contributed by atoms with E-state index in [0.29, 0.717) is 24.2 Å². The molecule has 1 atom stereocenters. The summed E-state index contributed by atoms with van der Waals surface area (Å²) in [6, 6.07) is 11.4. The van der Waals surface area contributed by atoms with Crippen molar-refractivity contribution in [3.8, 4) is 0 Å². The Morgan fingerprint density at radius 3 is 2.85 bits per heavy atom. The normalized spacial score (nSPS) is 16.4. The van der Waals surface area contributed by atoms with Crippen LogP contribution in [-0.4, -0.2) is 56.3 Å². The molecular formula is C24H25N7OS. The van der Waals surface area contributed by atoms with Crippen molar-refractivity contribution in [2.75, 3.05) is 20.6 Å². The fraction of sp³-hybridized carbons (Fsp3) is 0.250. The zero-order chi connectivity index (χ0) is 22.9. The third kappa shape index (κ3) is 4.01. The molecule has 1 aliphatic heterocycles. The van der Waals surface area contributed by atoms with Crippen LogP contribution in [0.1, 0.15) is 33.7 Å². The number of benzene rings is 1. The number of carbonyl (C=O) groups excluding carboxylic acids is 1. The zero-order valence-corrected chi connectivity index (χ0v) is 19.3. The van der Waals surface area contributed by atoms with E-state index in [1.165, 1.54) is 6.20 Å². The number of H-pyrrole nitrogens is 1. The van der Waals surface area contributed by atoms with E-state index in [2.05, 4.69) is 19.9 Å². The Morgan fingerprint density at radius 2 is 2.12 bits per heavy atom. The van der Waals surface area contributed by atoms with Crippen LogP contribution in [0, 0.1) is 0 Å². The van der Waals surface area contributed by atoms with Crippen LogP contribution in [0.2, 0.25) is 0 Å². The van der Waals surface area contributed by atoms with Gasteiger partial charge in [-0.25, -0.2) is 9.97 Å². The summed E-state index contributed by atoms with van der Waals surface area (Å²) in [6.45, 7) is 1.31. The second kappa shape index (κ2) is 8.76. The topological polar surface area (TPSA) is 104 Å². The molecule has 168 valence electrons. The number of aromatic amines is 1. The summed E-state index contributed by atoms with van der Waals surface area (Å²) >= 11 is 1.58. The minimum atomic E-state index is -0.382. The van der Waals surface area contributed by atoms with Crippen LogP contribution in [-0.2, 0) is 17.8 Å². The lowest BCUT2D eigenvalue weighted by Gasteiger charge is -2.34. The number of imidazole rings is 1. The Balaban J connectivity index is 1.51. The van der Waals surface area contributed by atoms with Gasteiger partial charge in [0.15, 0.2) is 0 Å². The fourth-order valence-electron chi connectivity index (χ4n) is 4.22. The van der Waals surface area contributed by atoms with Gasteiger partial charge in [-0.3, -0.25) is 9.78 Å². The standard InChI is InChI=1S/C24H25N7OS/c1-30(2)13-15-7-8-17(26-12-15)16(11-25)24(32)31-10-9-19-21(28-14-27-19)22(31)23-29-18-5-3-4-6-20(18)33-23/h3-8,11-12,14,22H,9-10,13,25H2,1-2H3,(H,27,28)/t22-/m0/s1. The van der Waals surface area contributed by atoms with E-state index in [4.69, 9.17) is 10.7 Å². The monoisotopic (exact) mass is 459 g/mol. The first-order valence-corrected chi connectivity index (χ1v) is 11.6. The molecular weight excluding hydrogens is 434 g/mol. The summed E-state index contributed by atoms with van der Waals surface area (Å²) in [7, 11) is 4.01. The van der Waals surface area contributed by atoms with E-state index in [1.54, 1.807) is 23.9 Å². The second-order valence-electron chi connectivity index (χ2n) is 8.31. The van der Waals surface area contributed by atoms with Crippen LogP contribution in [0.4, 0.5) is 0 Å². The Hall–Kier alpha value is -3.56. The average Bonchev–Trinajstić information content (AvgIpc) is 3.46. The van der Waals surface area contributed by atoms with Crippen molar-refractivity contribution in [3.05, 3.63) is 82.8 Å². The molecule has 0 radical (unpaired) electrons. The molecule has 0 aliphatic carbocycles. The van der Waals surface area contributed by atoms with Crippen LogP contribution < -0.4 is 5.73 Å². The first-order chi connectivity index (χ1) is 16.0. The third-order valence-corrected chi connectivity index (χ3v) is 6.82. The van der Waals surface area contributed by atoms with Crippen molar-refractivity contribution >= 4 is 33.0 Å². The number of para-hydroxylation sites is 1. The predicted molar refractivity (Wildman–Crippen MR) is 129 cm³/mol. The number of nitrogens with two attached hydrogens (primary N) is 1. The molecule has 4 aromatic rings. The molecule has 33 heavy (non-hydrogen) atoms. The Bertz CT molecular complexity index is 1290. The Labute approximate surface area is 195 Å². The maximum atomic E-state index is 13.8. The van der Waals surface area contributed by atoms with E-state index in [-0.39, 0.29) is 11.9 Å². The first-order valence-electron chi connectivity index (χ1n) is 10.8. The highest BCUT2D eigenvalue weighted by molar-refractivity contribution is 7.18. The number of rotatable bonds is 5. The van der Waals surface area contributed by atoms with Crippen molar-refractivity contribution in [2.24, 2.45) is 5.73 Å². The van der Waals surface area contributed by atoms with Gasteiger partial charge in [-0.05, 0) is 37.9 Å². The van der Waals surface area contributed by atoms with Crippen molar-refractivity contribution in [1.82, 2.24) is 29.7 Å². The number of aromatic nitrogens is 4. The SMILES string of the molecule is CN(C)Cc1ccc(C(=CN)C(=O)N2CCc3[nH]cnc3[C@H]2c2nc3ccccc3s2)nc1. The summed E-state index contributed by atoms with van der Waals surface area (Å²) in [5.74, 6) is -0.178. The van der Waals surface area contributed by atoms with Crippen molar-refractivity contribution in [3.63, 3.8) is 0 Å². The van der Waals surface area contributed by atoms with Gasteiger partial charge >= 0.3 is 0 Å². The molecule has 0 unspecified atom stereocenters. The van der Waals surface area contributed by atoms with Gasteiger partial charge in [-0.15, -0.1) is 11.3 Å². The van der Waals surface area contributed by atoms with Gasteiger partial charge in [0.05, 0.1) is 33.5 Å². The molecule has 1 amide bonds. The van der Waals surface area contributed by atoms with Crippen LogP contribution in [0.3, 0.4) is 0 Å². The molecule has 0 saturated carbocycles. The van der Waals surface area contributed by atoms with Gasteiger partial charge < -0.3 is 20.5 Å². The molecule has 0 bridgehead atoms. The van der Waals surface area contributed by atoms with Crippen LogP contribution in [0.15, 0.2) is 55.1 Å². The lowest BCUT2D eigenvalue weighted by atomic mass is 10.0. The Morgan fingerprint density at radius 1 is 1.27 bits per heavy atom. The fourth-order valence-corrected chi connectivity index (χ4v) is 5.30. The summed E-state index contributed by atoms with van der Waals surface area (Å²) < 4.78 is 1.08. The second-order valence-corrected chi connectivity index (χ2v) is 9.37. The van der Waals surface area contributed by atoms with E-state index >= 15 is 0 Å². The molecule has 8 nitrogen and oxygen atoms in total. The molecule has 5 rings (SSSR count). The van der Waals surface area contributed by atoms with E-state index in [9.17, 15) is 4.79 Å². The van der Waals surface area contributed by atoms with Crippen molar-refractivity contribution < 1.29 is 4.79 Å². The maximum Gasteiger partial charge on any atom is 0.258 e. The number of thiazole rings is 1. The summed E-state index contributed by atoms with van der Waals surface area (Å²) in [5, 5.41) is 0.836. The Kier molecular flexibility index (Phi) is 5.65. The molecule has 4 heterocycles. The summed E-state index contributed by atoms with van der Waals surface area (Å²) in [5.41, 5.74) is 10.7. The van der Waals surface area contributed by atoms with Gasteiger partial charge in [-0.1, -0.05) is 18.2 Å². The highest BCUT2D eigenvalue weighted by atomic mass is 32.1.